The molecule has 356 valence electrons. The molecular formula is C72H46N2O2. The number of benzene rings is 12. The Morgan fingerprint density at radius 3 is 1.25 bits per heavy atom. The standard InChI is InChI=1S/C72H46N2O2/c1-4-21-47(22-5-1)54-42-41-52(44-65(54)62-36-20-35-61-59-32-13-17-40-69(59)76-72(61)62)73(51-28-18-27-50(43-51)55-33-19-34-60-58-31-12-16-39-68(58)75-71(55)60)53-45-63(48-23-6-2-7-24-48)70(64(46-53)49-25-8-3-9-26-49)74-66-37-14-10-29-56(66)57-30-11-15-38-67(57)74/h1-46H. The van der Waals surface area contributed by atoms with Gasteiger partial charge in [-0.2, -0.15) is 0 Å². The SMILES string of the molecule is c1ccc(-c2ccc(N(c3cccc(-c4cccc5c4oc4ccccc45)c3)c3cc(-c4ccccc4)c(-n4c5ccccc5c5ccccc54)c(-c4ccccc4)c3)cc2-c2cccc3c2oc2ccccc23)cc1. The Balaban J connectivity index is 1.05. The van der Waals surface area contributed by atoms with Gasteiger partial charge < -0.3 is 18.3 Å². The molecule has 3 aromatic heterocycles. The van der Waals surface area contributed by atoms with Gasteiger partial charge in [0, 0.05) is 71.6 Å². The highest BCUT2D eigenvalue weighted by Gasteiger charge is 2.26. The predicted molar refractivity (Wildman–Crippen MR) is 317 cm³/mol. The van der Waals surface area contributed by atoms with E-state index < -0.39 is 0 Å². The fourth-order valence-corrected chi connectivity index (χ4v) is 11.8. The third-order valence-corrected chi connectivity index (χ3v) is 15.2. The number of hydrogen-bond acceptors (Lipinski definition) is 3. The van der Waals surface area contributed by atoms with Gasteiger partial charge in [0.15, 0.2) is 0 Å². The van der Waals surface area contributed by atoms with Crippen LogP contribution < -0.4 is 4.90 Å². The van der Waals surface area contributed by atoms with Crippen LogP contribution in [-0.2, 0) is 0 Å². The summed E-state index contributed by atoms with van der Waals surface area (Å²) in [4.78, 5) is 2.44. The van der Waals surface area contributed by atoms with Crippen LogP contribution in [0.15, 0.2) is 288 Å². The van der Waals surface area contributed by atoms with Gasteiger partial charge in [-0.15, -0.1) is 0 Å². The normalized spacial score (nSPS) is 11.7. The van der Waals surface area contributed by atoms with Crippen LogP contribution in [0.25, 0.3) is 127 Å². The molecule has 15 rings (SSSR count). The van der Waals surface area contributed by atoms with Crippen molar-refractivity contribution in [1.29, 1.82) is 0 Å². The van der Waals surface area contributed by atoms with Crippen molar-refractivity contribution in [2.75, 3.05) is 4.90 Å². The number of furan rings is 2. The van der Waals surface area contributed by atoms with Gasteiger partial charge in [-0.3, -0.25) is 0 Å². The van der Waals surface area contributed by atoms with E-state index in [1.807, 2.05) is 12.1 Å². The maximum atomic E-state index is 6.83. The average molecular weight is 971 g/mol. The lowest BCUT2D eigenvalue weighted by atomic mass is 9.91. The van der Waals surface area contributed by atoms with E-state index in [4.69, 9.17) is 8.83 Å². The first-order chi connectivity index (χ1) is 37.7. The molecule has 4 nitrogen and oxygen atoms in total. The molecule has 3 heterocycles. The summed E-state index contributed by atoms with van der Waals surface area (Å²) in [5.41, 5.74) is 20.7. The summed E-state index contributed by atoms with van der Waals surface area (Å²) in [6.45, 7) is 0. The molecule has 0 radical (unpaired) electrons. The average Bonchev–Trinajstić information content (AvgIpc) is 4.27. The first kappa shape index (κ1) is 43.4. The first-order valence-electron chi connectivity index (χ1n) is 25.9. The number of para-hydroxylation sites is 6. The van der Waals surface area contributed by atoms with E-state index in [0.717, 1.165) is 133 Å². The highest BCUT2D eigenvalue weighted by Crippen LogP contribution is 2.49. The summed E-state index contributed by atoms with van der Waals surface area (Å²) >= 11 is 0. The molecule has 0 fully saturated rings. The van der Waals surface area contributed by atoms with Gasteiger partial charge in [-0.05, 0) is 94.0 Å². The van der Waals surface area contributed by atoms with E-state index in [1.165, 1.54) is 10.8 Å². The minimum atomic E-state index is 0.860. The Morgan fingerprint density at radius 2 is 0.671 bits per heavy atom. The molecule has 76 heavy (non-hydrogen) atoms. The van der Waals surface area contributed by atoms with Crippen LogP contribution in [-0.4, -0.2) is 4.57 Å². The van der Waals surface area contributed by atoms with Gasteiger partial charge in [-0.1, -0.05) is 218 Å². The van der Waals surface area contributed by atoms with E-state index in [0.29, 0.717) is 0 Å². The smallest absolute Gasteiger partial charge is 0.143 e. The van der Waals surface area contributed by atoms with E-state index in [-0.39, 0.29) is 0 Å². The lowest BCUT2D eigenvalue weighted by molar-refractivity contribution is 0.669. The molecule has 0 unspecified atom stereocenters. The van der Waals surface area contributed by atoms with Crippen molar-refractivity contribution in [3.63, 3.8) is 0 Å². The number of anilines is 3. The van der Waals surface area contributed by atoms with Crippen molar-refractivity contribution in [1.82, 2.24) is 4.57 Å². The molecule has 0 aliphatic carbocycles. The molecule has 0 N–H and O–H groups in total. The second kappa shape index (κ2) is 17.8. The van der Waals surface area contributed by atoms with Crippen LogP contribution in [0.2, 0.25) is 0 Å². The summed E-state index contributed by atoms with van der Waals surface area (Å²) in [6.07, 6.45) is 0. The number of hydrogen-bond donors (Lipinski definition) is 0. The fourth-order valence-electron chi connectivity index (χ4n) is 11.8. The van der Waals surface area contributed by atoms with Gasteiger partial charge >= 0.3 is 0 Å². The number of rotatable bonds is 9. The van der Waals surface area contributed by atoms with Gasteiger partial charge in [0.1, 0.15) is 22.3 Å². The van der Waals surface area contributed by atoms with Crippen molar-refractivity contribution in [2.45, 2.75) is 0 Å². The van der Waals surface area contributed by atoms with Crippen molar-refractivity contribution in [3.8, 4) is 61.3 Å². The number of nitrogens with zero attached hydrogens (tertiary/aromatic N) is 2. The molecule has 12 aromatic carbocycles. The lowest BCUT2D eigenvalue weighted by Gasteiger charge is -2.30. The van der Waals surface area contributed by atoms with E-state index >= 15 is 0 Å². The zero-order valence-corrected chi connectivity index (χ0v) is 41.3. The summed E-state index contributed by atoms with van der Waals surface area (Å²) in [5, 5.41) is 6.81. The summed E-state index contributed by atoms with van der Waals surface area (Å²) in [6, 6.07) is 100. The van der Waals surface area contributed by atoms with Gasteiger partial charge in [0.2, 0.25) is 0 Å². The monoisotopic (exact) mass is 970 g/mol. The number of fused-ring (bicyclic) bond motifs is 9. The van der Waals surface area contributed by atoms with Gasteiger partial charge in [0.25, 0.3) is 0 Å². The molecular weight excluding hydrogens is 925 g/mol. The molecule has 15 aromatic rings. The molecule has 0 amide bonds. The van der Waals surface area contributed by atoms with Crippen LogP contribution in [0.3, 0.4) is 0 Å². The Hall–Kier alpha value is -10.2. The minimum absolute atomic E-state index is 0.860. The molecule has 0 aliphatic rings. The predicted octanol–water partition coefficient (Wildman–Crippen LogP) is 20.4. The third-order valence-electron chi connectivity index (χ3n) is 15.2. The second-order valence-electron chi connectivity index (χ2n) is 19.5. The quantitative estimate of drug-likeness (QED) is 0.145. The number of aromatic nitrogens is 1. The van der Waals surface area contributed by atoms with E-state index in [1.54, 1.807) is 0 Å². The molecule has 4 heteroatoms. The molecule has 0 saturated heterocycles. The Morgan fingerprint density at radius 1 is 0.250 bits per heavy atom. The van der Waals surface area contributed by atoms with Gasteiger partial charge in [0.05, 0.1) is 16.7 Å². The fraction of sp³-hybridized carbons (Fsp3) is 0. The zero-order valence-electron chi connectivity index (χ0n) is 41.3. The second-order valence-corrected chi connectivity index (χ2v) is 19.5. The van der Waals surface area contributed by atoms with Crippen LogP contribution in [0, 0.1) is 0 Å². The summed E-state index contributed by atoms with van der Waals surface area (Å²) < 4.78 is 16.0. The highest BCUT2D eigenvalue weighted by molar-refractivity contribution is 6.13. The molecule has 0 spiro atoms. The molecule has 0 saturated carbocycles. The molecule has 0 atom stereocenters. The maximum absolute atomic E-state index is 6.83. The van der Waals surface area contributed by atoms with E-state index in [9.17, 15) is 0 Å². The Kier molecular flexibility index (Phi) is 10.2. The lowest BCUT2D eigenvalue weighted by Crippen LogP contribution is -2.12. The Bertz CT molecular complexity index is 4580. The van der Waals surface area contributed by atoms with Crippen molar-refractivity contribution < 1.29 is 8.83 Å². The van der Waals surface area contributed by atoms with Gasteiger partial charge in [-0.25, -0.2) is 0 Å². The van der Waals surface area contributed by atoms with Crippen LogP contribution in [0.4, 0.5) is 17.1 Å². The van der Waals surface area contributed by atoms with Crippen molar-refractivity contribution in [3.05, 3.63) is 279 Å². The molecule has 0 bridgehead atoms. The van der Waals surface area contributed by atoms with E-state index in [2.05, 4.69) is 276 Å². The summed E-state index contributed by atoms with van der Waals surface area (Å²) in [5.74, 6) is 0. The first-order valence-corrected chi connectivity index (χ1v) is 25.9. The summed E-state index contributed by atoms with van der Waals surface area (Å²) in [7, 11) is 0. The third kappa shape index (κ3) is 7.07. The topological polar surface area (TPSA) is 34.5 Å². The van der Waals surface area contributed by atoms with Crippen molar-refractivity contribution in [2.24, 2.45) is 0 Å². The molecule has 0 aliphatic heterocycles. The Labute approximate surface area is 439 Å². The largest absolute Gasteiger partial charge is 0.455 e. The van der Waals surface area contributed by atoms with Crippen LogP contribution >= 0.6 is 0 Å². The van der Waals surface area contributed by atoms with Crippen LogP contribution in [0.5, 0.6) is 0 Å². The van der Waals surface area contributed by atoms with Crippen LogP contribution in [0.1, 0.15) is 0 Å². The highest BCUT2D eigenvalue weighted by atomic mass is 16.3. The van der Waals surface area contributed by atoms with Crippen molar-refractivity contribution >= 4 is 82.7 Å². The maximum Gasteiger partial charge on any atom is 0.143 e. The zero-order chi connectivity index (χ0) is 50.1. The minimum Gasteiger partial charge on any atom is -0.455 e.